The zero-order valence-electron chi connectivity index (χ0n) is 11.5. The maximum atomic E-state index is 13.2. The first kappa shape index (κ1) is 13.5. The van der Waals surface area contributed by atoms with Gasteiger partial charge in [-0.1, -0.05) is 0 Å². The summed E-state index contributed by atoms with van der Waals surface area (Å²) >= 11 is 0. The van der Waals surface area contributed by atoms with E-state index in [9.17, 15) is 13.6 Å². The Kier molecular flexibility index (Phi) is 3.33. The molecule has 1 aliphatic heterocycles. The summed E-state index contributed by atoms with van der Waals surface area (Å²) in [6.45, 7) is 2.22. The normalized spacial score (nSPS) is 13.2. The molecule has 1 amide bonds. The molecule has 0 bridgehead atoms. The summed E-state index contributed by atoms with van der Waals surface area (Å²) in [5.41, 5.74) is 3.25. The van der Waals surface area contributed by atoms with Crippen LogP contribution in [0.3, 0.4) is 0 Å². The number of hydrogen-bond acceptors (Lipinski definition) is 2. The summed E-state index contributed by atoms with van der Waals surface area (Å²) in [5, 5.41) is 3.04. The Labute approximate surface area is 121 Å². The smallest absolute Gasteiger partial charge is 0.223 e. The van der Waals surface area contributed by atoms with Crippen molar-refractivity contribution in [2.75, 3.05) is 16.8 Å². The number of hydrogen-bond donors (Lipinski definition) is 1. The second kappa shape index (κ2) is 5.16. The third kappa shape index (κ3) is 2.59. The van der Waals surface area contributed by atoms with Crippen LogP contribution in [0.1, 0.15) is 12.5 Å². The van der Waals surface area contributed by atoms with E-state index >= 15 is 0 Å². The third-order valence-corrected chi connectivity index (χ3v) is 3.56. The van der Waals surface area contributed by atoms with E-state index in [1.54, 1.807) is 11.8 Å². The highest BCUT2D eigenvalue weighted by molar-refractivity contribution is 5.94. The summed E-state index contributed by atoms with van der Waals surface area (Å²) in [7, 11) is 0. The third-order valence-electron chi connectivity index (χ3n) is 3.56. The molecule has 3 rings (SSSR count). The largest absolute Gasteiger partial charge is 0.355 e. The fourth-order valence-electron chi connectivity index (χ4n) is 2.55. The molecule has 0 aliphatic carbocycles. The highest BCUT2D eigenvalue weighted by Gasteiger charge is 2.22. The van der Waals surface area contributed by atoms with E-state index in [0.717, 1.165) is 35.5 Å². The van der Waals surface area contributed by atoms with Crippen LogP contribution in [0, 0.1) is 11.6 Å². The van der Waals surface area contributed by atoms with Crippen molar-refractivity contribution in [3.05, 3.63) is 53.6 Å². The summed E-state index contributed by atoms with van der Waals surface area (Å²) in [4.78, 5) is 13.2. The Morgan fingerprint density at radius 3 is 2.52 bits per heavy atom. The predicted octanol–water partition coefficient (Wildman–Crippen LogP) is 3.62. The summed E-state index contributed by atoms with van der Waals surface area (Å²) in [5.74, 6) is -1.73. The molecule has 0 saturated heterocycles. The predicted molar refractivity (Wildman–Crippen MR) is 77.8 cm³/mol. The van der Waals surface area contributed by atoms with Crippen molar-refractivity contribution in [1.29, 1.82) is 0 Å². The number of amides is 1. The zero-order valence-corrected chi connectivity index (χ0v) is 11.5. The van der Waals surface area contributed by atoms with E-state index in [1.165, 1.54) is 6.07 Å². The maximum Gasteiger partial charge on any atom is 0.223 e. The van der Waals surface area contributed by atoms with Gasteiger partial charge in [-0.2, -0.15) is 0 Å². The fraction of sp³-hybridized carbons (Fsp3) is 0.188. The van der Waals surface area contributed by atoms with Crippen LogP contribution >= 0.6 is 0 Å². The molecule has 0 fully saturated rings. The zero-order chi connectivity index (χ0) is 15.0. The Morgan fingerprint density at radius 2 is 1.81 bits per heavy atom. The molecule has 21 heavy (non-hydrogen) atoms. The molecule has 2 aromatic carbocycles. The van der Waals surface area contributed by atoms with Gasteiger partial charge in [0.2, 0.25) is 5.91 Å². The highest BCUT2D eigenvalue weighted by atomic mass is 19.2. The Hall–Kier alpha value is -2.43. The van der Waals surface area contributed by atoms with Gasteiger partial charge in [0.15, 0.2) is 11.6 Å². The minimum atomic E-state index is -0.885. The number of nitrogens with zero attached hydrogens (tertiary/aromatic N) is 1. The number of halogens is 2. The lowest BCUT2D eigenvalue weighted by Crippen LogP contribution is -2.25. The topological polar surface area (TPSA) is 32.3 Å². The van der Waals surface area contributed by atoms with Gasteiger partial charge in [0, 0.05) is 36.6 Å². The second-order valence-electron chi connectivity index (χ2n) is 5.02. The first-order chi connectivity index (χ1) is 10.0. The number of anilines is 3. The number of fused-ring (bicyclic) bond motifs is 1. The van der Waals surface area contributed by atoms with Crippen molar-refractivity contribution in [1.82, 2.24) is 0 Å². The number of rotatable bonds is 2. The van der Waals surface area contributed by atoms with Crippen LogP contribution in [-0.4, -0.2) is 12.5 Å². The van der Waals surface area contributed by atoms with Crippen LogP contribution in [0.25, 0.3) is 0 Å². The molecule has 0 atom stereocenters. The number of nitrogens with one attached hydrogen (secondary N) is 1. The average Bonchev–Trinajstić information content (AvgIpc) is 2.86. The molecule has 0 spiro atoms. The van der Waals surface area contributed by atoms with Crippen LogP contribution in [0.2, 0.25) is 0 Å². The van der Waals surface area contributed by atoms with Gasteiger partial charge in [-0.25, -0.2) is 8.78 Å². The molecule has 0 unspecified atom stereocenters. The van der Waals surface area contributed by atoms with Gasteiger partial charge in [-0.05, 0) is 42.3 Å². The van der Waals surface area contributed by atoms with Crippen LogP contribution < -0.4 is 10.2 Å². The lowest BCUT2D eigenvalue weighted by Gasteiger charge is -2.15. The van der Waals surface area contributed by atoms with Crippen molar-refractivity contribution in [3.63, 3.8) is 0 Å². The van der Waals surface area contributed by atoms with Gasteiger partial charge in [0.25, 0.3) is 0 Å². The van der Waals surface area contributed by atoms with Crippen LogP contribution in [-0.2, 0) is 11.2 Å². The van der Waals surface area contributed by atoms with E-state index in [0.29, 0.717) is 12.2 Å². The number of benzene rings is 2. The SMILES string of the molecule is CC(=O)N1CCc2cc(Nc3ccc(F)c(F)c3)ccc21. The van der Waals surface area contributed by atoms with Crippen LogP contribution in [0.15, 0.2) is 36.4 Å². The molecule has 5 heteroatoms. The molecule has 0 aromatic heterocycles. The molecule has 108 valence electrons. The molecule has 2 aromatic rings. The van der Waals surface area contributed by atoms with Gasteiger partial charge in [0.1, 0.15) is 0 Å². The second-order valence-corrected chi connectivity index (χ2v) is 5.02. The van der Waals surface area contributed by atoms with E-state index in [2.05, 4.69) is 5.32 Å². The minimum Gasteiger partial charge on any atom is -0.355 e. The molecule has 3 nitrogen and oxygen atoms in total. The van der Waals surface area contributed by atoms with Crippen LogP contribution in [0.5, 0.6) is 0 Å². The Bertz CT molecular complexity index is 715. The molecule has 1 heterocycles. The minimum absolute atomic E-state index is 0.0232. The molecule has 0 saturated carbocycles. The Balaban J connectivity index is 1.85. The van der Waals surface area contributed by atoms with E-state index in [1.807, 2.05) is 18.2 Å². The first-order valence-corrected chi connectivity index (χ1v) is 6.68. The van der Waals surface area contributed by atoms with E-state index < -0.39 is 11.6 Å². The maximum absolute atomic E-state index is 13.2. The summed E-state index contributed by atoms with van der Waals surface area (Å²) < 4.78 is 26.1. The molecule has 1 N–H and O–H groups in total. The van der Waals surface area contributed by atoms with Crippen molar-refractivity contribution in [3.8, 4) is 0 Å². The number of carbonyl (C=O) groups is 1. The highest BCUT2D eigenvalue weighted by Crippen LogP contribution is 2.31. The number of carbonyl (C=O) groups excluding carboxylic acids is 1. The first-order valence-electron chi connectivity index (χ1n) is 6.68. The van der Waals surface area contributed by atoms with Gasteiger partial charge >= 0.3 is 0 Å². The lowest BCUT2D eigenvalue weighted by atomic mass is 10.1. The Morgan fingerprint density at radius 1 is 1.10 bits per heavy atom. The van der Waals surface area contributed by atoms with Gasteiger partial charge in [-0.3, -0.25) is 4.79 Å². The lowest BCUT2D eigenvalue weighted by molar-refractivity contribution is -0.116. The van der Waals surface area contributed by atoms with Crippen molar-refractivity contribution >= 4 is 23.0 Å². The van der Waals surface area contributed by atoms with Gasteiger partial charge in [-0.15, -0.1) is 0 Å². The molecule has 1 aliphatic rings. The van der Waals surface area contributed by atoms with E-state index in [4.69, 9.17) is 0 Å². The van der Waals surface area contributed by atoms with Gasteiger partial charge in [0.05, 0.1) is 0 Å². The van der Waals surface area contributed by atoms with Crippen LogP contribution in [0.4, 0.5) is 25.8 Å². The molecule has 0 radical (unpaired) electrons. The van der Waals surface area contributed by atoms with Crippen molar-refractivity contribution < 1.29 is 13.6 Å². The van der Waals surface area contributed by atoms with Crippen molar-refractivity contribution in [2.45, 2.75) is 13.3 Å². The quantitative estimate of drug-likeness (QED) is 0.915. The average molecular weight is 288 g/mol. The summed E-state index contributed by atoms with van der Waals surface area (Å²) in [6.07, 6.45) is 0.794. The van der Waals surface area contributed by atoms with E-state index in [-0.39, 0.29) is 5.91 Å². The molecular weight excluding hydrogens is 274 g/mol. The van der Waals surface area contributed by atoms with Crippen molar-refractivity contribution in [2.24, 2.45) is 0 Å². The monoisotopic (exact) mass is 288 g/mol. The molecular formula is C16H14F2N2O. The standard InChI is InChI=1S/C16H14F2N2O/c1-10(21)20-7-6-11-8-12(3-5-16(11)20)19-13-2-4-14(17)15(18)9-13/h2-5,8-9,19H,6-7H2,1H3. The fourth-order valence-corrected chi connectivity index (χ4v) is 2.55. The van der Waals surface area contributed by atoms with Gasteiger partial charge < -0.3 is 10.2 Å². The summed E-state index contributed by atoms with van der Waals surface area (Å²) in [6, 6.07) is 9.30.